The summed E-state index contributed by atoms with van der Waals surface area (Å²) in [4.78, 5) is 4.41. The Morgan fingerprint density at radius 3 is 1.90 bits per heavy atom. The molecule has 29 heavy (non-hydrogen) atoms. The maximum atomic E-state index is 13.0. The standard InChI is InChI=1S/C23H15ClF3NO/c24-20-11-9-17(10-12-20)22(29,16-5-7-18(8-6-16)23(25,26)27)19-13-15-3-1-2-4-21(15)28-14-19/h1-14,29H. The van der Waals surface area contributed by atoms with E-state index in [1.54, 1.807) is 30.3 Å². The number of nitrogens with zero attached hydrogens (tertiary/aromatic N) is 1. The summed E-state index contributed by atoms with van der Waals surface area (Å²) in [5, 5.41) is 13.1. The van der Waals surface area contributed by atoms with Gasteiger partial charge in [0.1, 0.15) is 5.60 Å². The summed E-state index contributed by atoms with van der Waals surface area (Å²) < 4.78 is 39.0. The first-order valence-corrected chi connectivity index (χ1v) is 9.18. The Bertz CT molecular complexity index is 1160. The minimum atomic E-state index is -4.46. The monoisotopic (exact) mass is 413 g/mol. The quantitative estimate of drug-likeness (QED) is 0.434. The van der Waals surface area contributed by atoms with Gasteiger partial charge in [-0.15, -0.1) is 0 Å². The molecule has 4 rings (SSSR count). The Morgan fingerprint density at radius 2 is 1.28 bits per heavy atom. The number of para-hydroxylation sites is 1. The third-order valence-corrected chi connectivity index (χ3v) is 5.15. The number of hydrogen-bond acceptors (Lipinski definition) is 2. The van der Waals surface area contributed by atoms with Gasteiger partial charge in [0.2, 0.25) is 0 Å². The molecule has 0 aliphatic heterocycles. The van der Waals surface area contributed by atoms with Crippen LogP contribution in [0.3, 0.4) is 0 Å². The van der Waals surface area contributed by atoms with Crippen LogP contribution in [0.15, 0.2) is 85.1 Å². The van der Waals surface area contributed by atoms with Gasteiger partial charge in [-0.25, -0.2) is 0 Å². The highest BCUT2D eigenvalue weighted by atomic mass is 35.5. The van der Waals surface area contributed by atoms with Gasteiger partial charge in [-0.1, -0.05) is 54.1 Å². The molecule has 3 aromatic carbocycles. The molecule has 0 saturated heterocycles. The van der Waals surface area contributed by atoms with Gasteiger partial charge in [-0.2, -0.15) is 13.2 Å². The summed E-state index contributed by atoms with van der Waals surface area (Å²) in [5.74, 6) is 0. The molecule has 0 fully saturated rings. The van der Waals surface area contributed by atoms with E-state index in [9.17, 15) is 18.3 Å². The summed E-state index contributed by atoms with van der Waals surface area (Å²) in [5.41, 5.74) is -0.522. The van der Waals surface area contributed by atoms with Crippen LogP contribution in [0.25, 0.3) is 10.9 Å². The number of alkyl halides is 3. The fraction of sp³-hybridized carbons (Fsp3) is 0.0870. The molecule has 0 bridgehead atoms. The zero-order valence-electron chi connectivity index (χ0n) is 15.0. The van der Waals surface area contributed by atoms with Crippen molar-refractivity contribution in [3.8, 4) is 0 Å². The summed E-state index contributed by atoms with van der Waals surface area (Å²) in [6.07, 6.45) is -2.92. The molecule has 0 saturated carbocycles. The fourth-order valence-corrected chi connectivity index (χ4v) is 3.49. The van der Waals surface area contributed by atoms with Gasteiger partial charge in [-0.05, 0) is 47.5 Å². The van der Waals surface area contributed by atoms with E-state index in [0.29, 0.717) is 21.7 Å². The van der Waals surface area contributed by atoms with E-state index < -0.39 is 17.3 Å². The Kier molecular flexibility index (Phi) is 4.81. The second-order valence-electron chi connectivity index (χ2n) is 6.71. The predicted octanol–water partition coefficient (Wildman–Crippen LogP) is 6.19. The Hall–Kier alpha value is -2.89. The van der Waals surface area contributed by atoms with Gasteiger partial charge in [0.15, 0.2) is 0 Å². The Morgan fingerprint density at radius 1 is 0.724 bits per heavy atom. The third kappa shape index (κ3) is 3.59. The molecule has 4 aromatic rings. The van der Waals surface area contributed by atoms with E-state index in [4.69, 9.17) is 11.6 Å². The van der Waals surface area contributed by atoms with Crippen molar-refractivity contribution in [2.45, 2.75) is 11.8 Å². The SMILES string of the molecule is OC(c1ccc(Cl)cc1)(c1ccc(C(F)(F)F)cc1)c1cnc2ccccc2c1. The Balaban J connectivity index is 1.92. The van der Waals surface area contributed by atoms with E-state index in [2.05, 4.69) is 4.98 Å². The summed E-state index contributed by atoms with van der Waals surface area (Å²) in [6.45, 7) is 0. The molecule has 1 heterocycles. The Labute approximate surface area is 170 Å². The summed E-state index contributed by atoms with van der Waals surface area (Å²) in [6, 6.07) is 20.2. The molecule has 0 aliphatic carbocycles. The fourth-order valence-electron chi connectivity index (χ4n) is 3.36. The number of fused-ring (bicyclic) bond motifs is 1. The van der Waals surface area contributed by atoms with Crippen molar-refractivity contribution < 1.29 is 18.3 Å². The molecule has 1 N–H and O–H groups in total. The van der Waals surface area contributed by atoms with Gasteiger partial charge >= 0.3 is 6.18 Å². The van der Waals surface area contributed by atoms with Gasteiger partial charge in [0.25, 0.3) is 0 Å². The second-order valence-corrected chi connectivity index (χ2v) is 7.15. The molecular weight excluding hydrogens is 399 g/mol. The topological polar surface area (TPSA) is 33.1 Å². The van der Waals surface area contributed by atoms with Crippen molar-refractivity contribution >= 4 is 22.5 Å². The molecule has 6 heteroatoms. The lowest BCUT2D eigenvalue weighted by Crippen LogP contribution is -2.29. The largest absolute Gasteiger partial charge is 0.416 e. The van der Waals surface area contributed by atoms with E-state index in [0.717, 1.165) is 23.0 Å². The molecular formula is C23H15ClF3NO. The van der Waals surface area contributed by atoms with Crippen LogP contribution in [0.2, 0.25) is 5.02 Å². The first-order valence-electron chi connectivity index (χ1n) is 8.80. The molecule has 1 atom stereocenters. The van der Waals surface area contributed by atoms with E-state index in [1.807, 2.05) is 24.3 Å². The number of pyridine rings is 1. The normalized spacial score (nSPS) is 14.0. The van der Waals surface area contributed by atoms with Gasteiger partial charge in [0.05, 0.1) is 11.1 Å². The highest BCUT2D eigenvalue weighted by molar-refractivity contribution is 6.30. The minimum absolute atomic E-state index is 0.296. The first kappa shape index (κ1) is 19.4. The zero-order valence-corrected chi connectivity index (χ0v) is 15.7. The molecule has 1 unspecified atom stereocenters. The predicted molar refractivity (Wildman–Crippen MR) is 107 cm³/mol. The molecule has 0 amide bonds. The van der Waals surface area contributed by atoms with Crippen LogP contribution in [0, 0.1) is 0 Å². The maximum Gasteiger partial charge on any atom is 0.416 e. The third-order valence-electron chi connectivity index (χ3n) is 4.90. The highest BCUT2D eigenvalue weighted by Gasteiger charge is 2.36. The number of halogens is 4. The maximum absolute atomic E-state index is 13.0. The summed E-state index contributed by atoms with van der Waals surface area (Å²) in [7, 11) is 0. The molecule has 0 aliphatic rings. The zero-order chi connectivity index (χ0) is 20.6. The highest BCUT2D eigenvalue weighted by Crippen LogP contribution is 2.39. The lowest BCUT2D eigenvalue weighted by Gasteiger charge is -2.30. The molecule has 0 spiro atoms. The molecule has 1 aromatic heterocycles. The van der Waals surface area contributed by atoms with Crippen LogP contribution in [0.4, 0.5) is 13.2 Å². The number of benzene rings is 3. The van der Waals surface area contributed by atoms with Crippen LogP contribution in [0.5, 0.6) is 0 Å². The van der Waals surface area contributed by atoms with Crippen LogP contribution in [0.1, 0.15) is 22.3 Å². The first-order chi connectivity index (χ1) is 13.8. The van der Waals surface area contributed by atoms with Crippen molar-refractivity contribution in [3.05, 3.63) is 112 Å². The number of aliphatic hydroxyl groups is 1. The molecule has 2 nitrogen and oxygen atoms in total. The molecule has 146 valence electrons. The van der Waals surface area contributed by atoms with Gasteiger partial charge in [0, 0.05) is 22.2 Å². The lowest BCUT2D eigenvalue weighted by atomic mass is 9.80. The smallest absolute Gasteiger partial charge is 0.376 e. The van der Waals surface area contributed by atoms with Crippen LogP contribution in [-0.2, 0) is 11.8 Å². The average molecular weight is 414 g/mol. The van der Waals surface area contributed by atoms with Crippen molar-refractivity contribution in [1.82, 2.24) is 4.98 Å². The molecule has 0 radical (unpaired) electrons. The number of aromatic nitrogens is 1. The summed E-state index contributed by atoms with van der Waals surface area (Å²) >= 11 is 5.98. The van der Waals surface area contributed by atoms with Crippen molar-refractivity contribution in [3.63, 3.8) is 0 Å². The van der Waals surface area contributed by atoms with Crippen molar-refractivity contribution in [2.24, 2.45) is 0 Å². The van der Waals surface area contributed by atoms with Crippen LogP contribution >= 0.6 is 11.6 Å². The lowest BCUT2D eigenvalue weighted by molar-refractivity contribution is -0.137. The van der Waals surface area contributed by atoms with Crippen molar-refractivity contribution in [1.29, 1.82) is 0 Å². The van der Waals surface area contributed by atoms with Gasteiger partial charge in [-0.3, -0.25) is 4.98 Å². The van der Waals surface area contributed by atoms with E-state index in [1.165, 1.54) is 18.3 Å². The minimum Gasteiger partial charge on any atom is -0.376 e. The second kappa shape index (κ2) is 7.17. The number of rotatable bonds is 3. The van der Waals surface area contributed by atoms with Crippen molar-refractivity contribution in [2.75, 3.05) is 0 Å². The van der Waals surface area contributed by atoms with E-state index >= 15 is 0 Å². The number of hydrogen-bond donors (Lipinski definition) is 1. The van der Waals surface area contributed by atoms with Crippen LogP contribution in [-0.4, -0.2) is 10.1 Å². The van der Waals surface area contributed by atoms with Crippen LogP contribution < -0.4 is 0 Å². The average Bonchev–Trinajstić information content (AvgIpc) is 2.73. The van der Waals surface area contributed by atoms with E-state index in [-0.39, 0.29) is 0 Å². The van der Waals surface area contributed by atoms with Gasteiger partial charge < -0.3 is 5.11 Å².